The van der Waals surface area contributed by atoms with Gasteiger partial charge in [-0.1, -0.05) is 17.7 Å². The maximum Gasteiger partial charge on any atom is 0.228 e. The van der Waals surface area contributed by atoms with Crippen LogP contribution in [0.5, 0.6) is 0 Å². The number of amides is 3. The van der Waals surface area contributed by atoms with Crippen molar-refractivity contribution in [2.24, 2.45) is 11.8 Å². The molecule has 128 valence electrons. The molecule has 2 unspecified atom stereocenters. The summed E-state index contributed by atoms with van der Waals surface area (Å²) in [5, 5.41) is 2.94. The Morgan fingerprint density at radius 2 is 1.83 bits per heavy atom. The SMILES string of the molecule is Cc1ccc(NC(=O)C2CC2C(=O)N2CCN(C=O)CC2)c(C)c1. The zero-order chi connectivity index (χ0) is 17.3. The Morgan fingerprint density at radius 3 is 2.46 bits per heavy atom. The lowest BCUT2D eigenvalue weighted by Crippen LogP contribution is -2.48. The van der Waals surface area contributed by atoms with Crippen LogP contribution in [0, 0.1) is 25.7 Å². The Morgan fingerprint density at radius 1 is 1.12 bits per heavy atom. The molecule has 1 aromatic rings. The van der Waals surface area contributed by atoms with Crippen molar-refractivity contribution in [1.29, 1.82) is 0 Å². The van der Waals surface area contributed by atoms with Crippen LogP contribution in [0.4, 0.5) is 5.69 Å². The first-order valence-electron chi connectivity index (χ1n) is 8.36. The highest BCUT2D eigenvalue weighted by atomic mass is 16.2. The molecule has 6 nitrogen and oxygen atoms in total. The second kappa shape index (κ2) is 6.63. The number of aryl methyl sites for hydroxylation is 2. The van der Waals surface area contributed by atoms with Crippen molar-refractivity contribution in [2.75, 3.05) is 31.5 Å². The van der Waals surface area contributed by atoms with Crippen LogP contribution >= 0.6 is 0 Å². The van der Waals surface area contributed by atoms with Gasteiger partial charge in [0.25, 0.3) is 0 Å². The van der Waals surface area contributed by atoms with Crippen molar-refractivity contribution in [3.63, 3.8) is 0 Å². The summed E-state index contributed by atoms with van der Waals surface area (Å²) in [6.07, 6.45) is 1.43. The molecule has 2 aliphatic rings. The highest BCUT2D eigenvalue weighted by Crippen LogP contribution is 2.41. The topological polar surface area (TPSA) is 69.7 Å². The van der Waals surface area contributed by atoms with E-state index in [0.29, 0.717) is 32.6 Å². The predicted molar refractivity (Wildman–Crippen MR) is 90.4 cm³/mol. The third-order valence-corrected chi connectivity index (χ3v) is 4.86. The van der Waals surface area contributed by atoms with Crippen molar-refractivity contribution in [1.82, 2.24) is 9.80 Å². The number of hydrogen-bond acceptors (Lipinski definition) is 3. The Labute approximate surface area is 141 Å². The molecule has 2 fully saturated rings. The Bertz CT molecular complexity index is 665. The van der Waals surface area contributed by atoms with Crippen LogP contribution in [0.25, 0.3) is 0 Å². The smallest absolute Gasteiger partial charge is 0.228 e. The summed E-state index contributed by atoms with van der Waals surface area (Å²) in [5.74, 6) is -0.478. The number of nitrogens with one attached hydrogen (secondary N) is 1. The van der Waals surface area contributed by atoms with Gasteiger partial charge in [0.2, 0.25) is 18.2 Å². The number of piperazine rings is 1. The Kier molecular flexibility index (Phi) is 4.55. The Hall–Kier alpha value is -2.37. The number of rotatable bonds is 4. The van der Waals surface area contributed by atoms with Crippen LogP contribution in [0.3, 0.4) is 0 Å². The molecule has 1 heterocycles. The molecule has 3 rings (SSSR count). The van der Waals surface area contributed by atoms with E-state index in [2.05, 4.69) is 5.32 Å². The average Bonchev–Trinajstić information content (AvgIpc) is 3.37. The standard InChI is InChI=1S/C18H23N3O3/c1-12-3-4-16(13(2)9-12)19-17(23)14-10-15(14)18(24)21-7-5-20(11-22)6-8-21/h3-4,9,11,14-15H,5-8,10H2,1-2H3,(H,19,23). The molecule has 1 aliphatic carbocycles. The molecule has 2 atom stereocenters. The number of anilines is 1. The summed E-state index contributed by atoms with van der Waals surface area (Å²) in [4.78, 5) is 39.0. The summed E-state index contributed by atoms with van der Waals surface area (Å²) in [7, 11) is 0. The molecule has 1 aliphatic heterocycles. The zero-order valence-corrected chi connectivity index (χ0v) is 14.1. The minimum absolute atomic E-state index is 0.0429. The van der Waals surface area contributed by atoms with Crippen molar-refractivity contribution in [2.45, 2.75) is 20.3 Å². The van der Waals surface area contributed by atoms with E-state index < -0.39 is 0 Å². The van der Waals surface area contributed by atoms with Gasteiger partial charge in [-0.2, -0.15) is 0 Å². The second-order valence-electron chi connectivity index (χ2n) is 6.72. The van der Waals surface area contributed by atoms with E-state index in [0.717, 1.165) is 23.2 Å². The van der Waals surface area contributed by atoms with Gasteiger partial charge in [0.05, 0.1) is 11.8 Å². The molecule has 1 saturated carbocycles. The first kappa shape index (κ1) is 16.5. The second-order valence-corrected chi connectivity index (χ2v) is 6.72. The molecule has 3 amide bonds. The van der Waals surface area contributed by atoms with Crippen LogP contribution in [0.2, 0.25) is 0 Å². The van der Waals surface area contributed by atoms with Crippen LogP contribution in [-0.4, -0.2) is 54.2 Å². The summed E-state index contributed by atoms with van der Waals surface area (Å²) < 4.78 is 0. The third kappa shape index (κ3) is 3.42. The number of hydrogen-bond donors (Lipinski definition) is 1. The minimum atomic E-state index is -0.234. The molecular weight excluding hydrogens is 306 g/mol. The summed E-state index contributed by atoms with van der Waals surface area (Å²) in [6.45, 7) is 6.23. The number of carbonyl (C=O) groups excluding carboxylic acids is 3. The van der Waals surface area contributed by atoms with Gasteiger partial charge < -0.3 is 15.1 Å². The molecular formula is C18H23N3O3. The van der Waals surface area contributed by atoms with Crippen LogP contribution in [-0.2, 0) is 14.4 Å². The summed E-state index contributed by atoms with van der Waals surface area (Å²) in [5.41, 5.74) is 2.99. The van der Waals surface area contributed by atoms with E-state index in [9.17, 15) is 14.4 Å². The third-order valence-electron chi connectivity index (χ3n) is 4.86. The van der Waals surface area contributed by atoms with E-state index in [-0.39, 0.29) is 23.7 Å². The van der Waals surface area contributed by atoms with Crippen molar-refractivity contribution in [3.8, 4) is 0 Å². The maximum absolute atomic E-state index is 12.5. The van der Waals surface area contributed by atoms with Crippen molar-refractivity contribution < 1.29 is 14.4 Å². The van der Waals surface area contributed by atoms with Gasteiger partial charge in [0.1, 0.15) is 0 Å². The van der Waals surface area contributed by atoms with Crippen LogP contribution in [0.1, 0.15) is 17.5 Å². The van der Waals surface area contributed by atoms with Crippen molar-refractivity contribution >= 4 is 23.9 Å². The largest absolute Gasteiger partial charge is 0.342 e. The van der Waals surface area contributed by atoms with E-state index in [4.69, 9.17) is 0 Å². The highest BCUT2D eigenvalue weighted by molar-refractivity contribution is 6.00. The molecule has 1 aromatic carbocycles. The van der Waals surface area contributed by atoms with E-state index >= 15 is 0 Å². The van der Waals surface area contributed by atoms with E-state index in [1.54, 1.807) is 9.80 Å². The van der Waals surface area contributed by atoms with Crippen molar-refractivity contribution in [3.05, 3.63) is 29.3 Å². The first-order chi connectivity index (χ1) is 11.5. The maximum atomic E-state index is 12.5. The Balaban J connectivity index is 1.54. The van der Waals surface area contributed by atoms with Gasteiger partial charge in [-0.15, -0.1) is 0 Å². The quantitative estimate of drug-likeness (QED) is 0.843. The van der Waals surface area contributed by atoms with Gasteiger partial charge in [-0.3, -0.25) is 14.4 Å². The van der Waals surface area contributed by atoms with E-state index in [1.807, 2.05) is 32.0 Å². The molecule has 0 aromatic heterocycles. The van der Waals surface area contributed by atoms with Crippen LogP contribution < -0.4 is 5.32 Å². The first-order valence-corrected chi connectivity index (χ1v) is 8.36. The van der Waals surface area contributed by atoms with E-state index in [1.165, 1.54) is 0 Å². The average molecular weight is 329 g/mol. The molecule has 0 spiro atoms. The fourth-order valence-corrected chi connectivity index (χ4v) is 3.22. The fraction of sp³-hybridized carbons (Fsp3) is 0.500. The summed E-state index contributed by atoms with van der Waals surface area (Å²) in [6, 6.07) is 5.89. The normalized spacial score (nSPS) is 22.9. The minimum Gasteiger partial charge on any atom is -0.342 e. The predicted octanol–water partition coefficient (Wildman–Crippen LogP) is 1.18. The number of carbonyl (C=O) groups is 3. The zero-order valence-electron chi connectivity index (χ0n) is 14.1. The molecule has 0 bridgehead atoms. The van der Waals surface area contributed by atoms with Gasteiger partial charge in [-0.25, -0.2) is 0 Å². The molecule has 0 radical (unpaired) electrons. The lowest BCUT2D eigenvalue weighted by atomic mass is 10.1. The molecule has 1 N–H and O–H groups in total. The van der Waals surface area contributed by atoms with Gasteiger partial charge in [0.15, 0.2) is 0 Å². The molecule has 24 heavy (non-hydrogen) atoms. The number of nitrogens with zero attached hydrogens (tertiary/aromatic N) is 2. The van der Waals surface area contributed by atoms with Gasteiger partial charge in [0, 0.05) is 31.9 Å². The number of benzene rings is 1. The lowest BCUT2D eigenvalue weighted by molar-refractivity contribution is -0.137. The molecule has 6 heteroatoms. The van der Waals surface area contributed by atoms with Crippen LogP contribution in [0.15, 0.2) is 18.2 Å². The highest BCUT2D eigenvalue weighted by Gasteiger charge is 2.49. The summed E-state index contributed by atoms with van der Waals surface area (Å²) >= 11 is 0. The lowest BCUT2D eigenvalue weighted by Gasteiger charge is -2.32. The molecule has 1 saturated heterocycles. The van der Waals surface area contributed by atoms with Gasteiger partial charge in [-0.05, 0) is 31.9 Å². The fourth-order valence-electron chi connectivity index (χ4n) is 3.22. The van der Waals surface area contributed by atoms with Gasteiger partial charge >= 0.3 is 0 Å². The monoisotopic (exact) mass is 329 g/mol.